The zero-order chi connectivity index (χ0) is 13.8. The third-order valence-electron chi connectivity index (χ3n) is 3.18. The molecule has 2 N–H and O–H groups in total. The average molecular weight is 257 g/mol. The number of hydrogen-bond acceptors (Lipinski definition) is 3. The molecule has 0 aliphatic carbocycles. The Labute approximate surface area is 110 Å². The molecule has 0 spiro atoms. The van der Waals surface area contributed by atoms with Gasteiger partial charge in [0, 0.05) is 4.91 Å². The van der Waals surface area contributed by atoms with Crippen LogP contribution in [0.1, 0.15) is 17.2 Å². The third-order valence-corrected chi connectivity index (χ3v) is 3.18. The van der Waals surface area contributed by atoms with E-state index in [-0.39, 0.29) is 6.54 Å². The summed E-state index contributed by atoms with van der Waals surface area (Å²) in [5.41, 5.74) is 9.83. The van der Waals surface area contributed by atoms with Gasteiger partial charge in [-0.25, -0.2) is 0 Å². The van der Waals surface area contributed by atoms with E-state index in [0.717, 1.165) is 16.3 Å². The van der Waals surface area contributed by atoms with Gasteiger partial charge in [0.1, 0.15) is 6.10 Å². The maximum atomic E-state index is 10.3. The van der Waals surface area contributed by atoms with E-state index in [9.17, 15) is 10.2 Å². The smallest absolute Gasteiger partial charge is 0.106 e. The van der Waals surface area contributed by atoms with Crippen molar-refractivity contribution in [3.8, 4) is 0 Å². The van der Waals surface area contributed by atoms with Crippen molar-refractivity contribution in [1.82, 2.24) is 0 Å². The van der Waals surface area contributed by atoms with Crippen molar-refractivity contribution >= 4 is 10.8 Å². The Morgan fingerprint density at radius 1 is 1.21 bits per heavy atom. The second-order valence-electron chi connectivity index (χ2n) is 4.44. The van der Waals surface area contributed by atoms with Crippen molar-refractivity contribution < 1.29 is 10.2 Å². The summed E-state index contributed by atoms with van der Waals surface area (Å²) in [6.07, 6.45) is -2.18. The maximum Gasteiger partial charge on any atom is 0.106 e. The molecule has 0 heterocycles. The van der Waals surface area contributed by atoms with Gasteiger partial charge in [0.2, 0.25) is 0 Å². The maximum absolute atomic E-state index is 10.3. The molecular formula is C14H15N3O2. The van der Waals surface area contributed by atoms with Gasteiger partial charge in [0.25, 0.3) is 0 Å². The molecule has 0 aliphatic rings. The van der Waals surface area contributed by atoms with E-state index in [1.165, 1.54) is 0 Å². The zero-order valence-corrected chi connectivity index (χ0v) is 10.6. The van der Waals surface area contributed by atoms with Gasteiger partial charge in [-0.05, 0) is 34.4 Å². The molecule has 0 saturated carbocycles. The minimum atomic E-state index is -1.11. The monoisotopic (exact) mass is 257 g/mol. The van der Waals surface area contributed by atoms with E-state index >= 15 is 0 Å². The van der Waals surface area contributed by atoms with Gasteiger partial charge in [-0.1, -0.05) is 41.5 Å². The van der Waals surface area contributed by atoms with Crippen LogP contribution in [-0.2, 0) is 0 Å². The molecule has 19 heavy (non-hydrogen) atoms. The number of azide groups is 1. The first-order valence-corrected chi connectivity index (χ1v) is 6.00. The fourth-order valence-corrected chi connectivity index (χ4v) is 2.21. The molecular weight excluding hydrogens is 242 g/mol. The molecule has 2 aromatic rings. The highest BCUT2D eigenvalue weighted by Gasteiger charge is 2.21. The van der Waals surface area contributed by atoms with Gasteiger partial charge in [-0.15, -0.1) is 0 Å². The van der Waals surface area contributed by atoms with Crippen LogP contribution in [0, 0.1) is 6.92 Å². The van der Waals surface area contributed by atoms with Crippen LogP contribution in [0.5, 0.6) is 0 Å². The highest BCUT2D eigenvalue weighted by atomic mass is 16.3. The van der Waals surface area contributed by atoms with Crippen molar-refractivity contribution in [1.29, 1.82) is 0 Å². The molecule has 0 amide bonds. The molecule has 0 aromatic heterocycles. The number of rotatable bonds is 4. The number of aryl methyl sites for hydroxylation is 1. The zero-order valence-electron chi connectivity index (χ0n) is 10.6. The highest BCUT2D eigenvalue weighted by molar-refractivity contribution is 5.87. The van der Waals surface area contributed by atoms with Crippen molar-refractivity contribution in [2.24, 2.45) is 5.11 Å². The van der Waals surface area contributed by atoms with E-state index in [1.807, 2.05) is 43.3 Å². The minimum Gasteiger partial charge on any atom is -0.390 e. The lowest BCUT2D eigenvalue weighted by atomic mass is 9.93. The largest absolute Gasteiger partial charge is 0.390 e. The summed E-state index contributed by atoms with van der Waals surface area (Å²) < 4.78 is 0. The average Bonchev–Trinajstić information content (AvgIpc) is 2.44. The second kappa shape index (κ2) is 5.71. The van der Waals surface area contributed by atoms with E-state index < -0.39 is 12.2 Å². The van der Waals surface area contributed by atoms with E-state index in [4.69, 9.17) is 5.53 Å². The molecule has 0 fully saturated rings. The number of hydrogen-bond donors (Lipinski definition) is 2. The van der Waals surface area contributed by atoms with E-state index in [2.05, 4.69) is 10.0 Å². The molecule has 0 aliphatic heterocycles. The highest BCUT2D eigenvalue weighted by Crippen LogP contribution is 2.29. The van der Waals surface area contributed by atoms with Crippen LogP contribution in [0.15, 0.2) is 41.5 Å². The Balaban J connectivity index is 2.48. The van der Waals surface area contributed by atoms with Crippen molar-refractivity contribution in [2.75, 3.05) is 6.54 Å². The van der Waals surface area contributed by atoms with Gasteiger partial charge in [0.05, 0.1) is 12.6 Å². The topological polar surface area (TPSA) is 89.2 Å². The summed E-state index contributed by atoms with van der Waals surface area (Å²) in [7, 11) is 0. The van der Waals surface area contributed by atoms with Crippen LogP contribution in [0.4, 0.5) is 0 Å². The van der Waals surface area contributed by atoms with Crippen molar-refractivity contribution in [3.05, 3.63) is 58.0 Å². The van der Waals surface area contributed by atoms with Crippen LogP contribution in [0.2, 0.25) is 0 Å². The summed E-state index contributed by atoms with van der Waals surface area (Å²) in [4.78, 5) is 2.59. The van der Waals surface area contributed by atoms with E-state index in [1.54, 1.807) is 0 Å². The Morgan fingerprint density at radius 2 is 1.95 bits per heavy atom. The molecule has 2 unspecified atom stereocenters. The summed E-state index contributed by atoms with van der Waals surface area (Å²) >= 11 is 0. The number of aliphatic hydroxyl groups is 2. The number of fused-ring (bicyclic) bond motifs is 1. The number of aliphatic hydroxyl groups excluding tert-OH is 2. The molecule has 5 heteroatoms. The molecule has 5 nitrogen and oxygen atoms in total. The summed E-state index contributed by atoms with van der Waals surface area (Å²) in [6, 6.07) is 11.5. The molecule has 0 radical (unpaired) electrons. The van der Waals surface area contributed by atoms with Gasteiger partial charge < -0.3 is 10.2 Å². The molecule has 0 bridgehead atoms. The Kier molecular flexibility index (Phi) is 4.02. The predicted molar refractivity (Wildman–Crippen MR) is 73.7 cm³/mol. The quantitative estimate of drug-likeness (QED) is 0.501. The number of benzene rings is 2. The minimum absolute atomic E-state index is 0.152. The first kappa shape index (κ1) is 13.4. The first-order valence-electron chi connectivity index (χ1n) is 6.00. The van der Waals surface area contributed by atoms with Crippen LogP contribution < -0.4 is 0 Å². The van der Waals surface area contributed by atoms with Crippen LogP contribution in [-0.4, -0.2) is 22.9 Å². The van der Waals surface area contributed by atoms with Crippen molar-refractivity contribution in [2.45, 2.75) is 19.1 Å². The van der Waals surface area contributed by atoms with Crippen molar-refractivity contribution in [3.63, 3.8) is 0 Å². The Morgan fingerprint density at radius 3 is 2.68 bits per heavy atom. The van der Waals surface area contributed by atoms with Crippen LogP contribution in [0.3, 0.4) is 0 Å². The SMILES string of the molecule is Cc1ccc2ccccc2c1C(O)C(O)CN=[N+]=[N-]. The normalized spacial score (nSPS) is 13.8. The Bertz CT molecular complexity index is 636. The fraction of sp³-hybridized carbons (Fsp3) is 0.286. The summed E-state index contributed by atoms with van der Waals surface area (Å²) in [5, 5.41) is 25.3. The third kappa shape index (κ3) is 2.69. The predicted octanol–water partition coefficient (Wildman–Crippen LogP) is 2.85. The van der Waals surface area contributed by atoms with Gasteiger partial charge >= 0.3 is 0 Å². The lowest BCUT2D eigenvalue weighted by Gasteiger charge is -2.20. The summed E-state index contributed by atoms with van der Waals surface area (Å²) in [5.74, 6) is 0. The molecule has 2 rings (SSSR count). The number of nitrogens with zero attached hydrogens (tertiary/aromatic N) is 3. The molecule has 2 aromatic carbocycles. The van der Waals surface area contributed by atoms with Gasteiger partial charge in [-0.3, -0.25) is 0 Å². The fourth-order valence-electron chi connectivity index (χ4n) is 2.21. The molecule has 2 atom stereocenters. The summed E-state index contributed by atoms with van der Waals surface area (Å²) in [6.45, 7) is 1.73. The van der Waals surface area contributed by atoms with E-state index in [0.29, 0.717) is 5.56 Å². The molecule has 0 saturated heterocycles. The van der Waals surface area contributed by atoms with Gasteiger partial charge in [0.15, 0.2) is 0 Å². The van der Waals surface area contributed by atoms with Crippen LogP contribution >= 0.6 is 0 Å². The standard InChI is InChI=1S/C14H15N3O2/c1-9-6-7-10-4-2-3-5-11(10)13(9)14(19)12(18)8-16-17-15/h2-7,12,14,18-19H,8H2,1H3. The Hall–Kier alpha value is -2.07. The lowest BCUT2D eigenvalue weighted by molar-refractivity contribution is 0.0249. The van der Waals surface area contributed by atoms with Gasteiger partial charge in [-0.2, -0.15) is 0 Å². The molecule has 98 valence electrons. The second-order valence-corrected chi connectivity index (χ2v) is 4.44. The van der Waals surface area contributed by atoms with Crippen LogP contribution in [0.25, 0.3) is 21.2 Å². The first-order chi connectivity index (χ1) is 9.15. The lowest BCUT2D eigenvalue weighted by Crippen LogP contribution is -2.22.